The van der Waals surface area contributed by atoms with E-state index in [-0.39, 0.29) is 12.2 Å². The van der Waals surface area contributed by atoms with Gasteiger partial charge in [-0.2, -0.15) is 0 Å². The van der Waals surface area contributed by atoms with Gasteiger partial charge in [0.1, 0.15) is 0 Å². The fraction of sp³-hybridized carbons (Fsp3) is 1.00. The van der Waals surface area contributed by atoms with E-state index in [9.17, 15) is 5.11 Å². The third-order valence-electron chi connectivity index (χ3n) is 3.81. The molecule has 0 radical (unpaired) electrons. The van der Waals surface area contributed by atoms with Crippen molar-refractivity contribution in [1.82, 2.24) is 5.32 Å². The van der Waals surface area contributed by atoms with Gasteiger partial charge in [0.05, 0.1) is 18.3 Å². The van der Waals surface area contributed by atoms with E-state index in [2.05, 4.69) is 12.2 Å². The highest BCUT2D eigenvalue weighted by Crippen LogP contribution is 2.29. The molecule has 1 heterocycles. The van der Waals surface area contributed by atoms with Crippen LogP contribution in [-0.4, -0.2) is 36.5 Å². The summed E-state index contributed by atoms with van der Waals surface area (Å²) in [5, 5.41) is 12.8. The second-order valence-corrected chi connectivity index (χ2v) is 4.96. The normalized spacial score (nSPS) is 42.0. The van der Waals surface area contributed by atoms with Crippen LogP contribution in [-0.2, 0) is 4.74 Å². The van der Waals surface area contributed by atoms with Crippen molar-refractivity contribution in [2.24, 2.45) is 5.92 Å². The quantitative estimate of drug-likeness (QED) is 0.742. The molecule has 0 aromatic carbocycles. The largest absolute Gasteiger partial charge is 0.389 e. The van der Waals surface area contributed by atoms with Gasteiger partial charge in [0, 0.05) is 13.1 Å². The number of rotatable bonds is 3. The Kier molecular flexibility index (Phi) is 4.00. The summed E-state index contributed by atoms with van der Waals surface area (Å²) in [5.74, 6) is 0.843. The smallest absolute Gasteiger partial charge is 0.0974 e. The molecular formula is C12H23NO2. The van der Waals surface area contributed by atoms with Crippen LogP contribution in [0.25, 0.3) is 0 Å². The SMILES string of the molecule is CCC1CCCC(OC2CNCC2O)C1. The molecule has 0 bridgehead atoms. The first-order valence-corrected chi connectivity index (χ1v) is 6.33. The number of aliphatic hydroxyl groups is 1. The van der Waals surface area contributed by atoms with Crippen LogP contribution in [0.2, 0.25) is 0 Å². The van der Waals surface area contributed by atoms with Crippen molar-refractivity contribution in [2.75, 3.05) is 13.1 Å². The maximum Gasteiger partial charge on any atom is 0.0974 e. The minimum Gasteiger partial charge on any atom is -0.389 e. The number of hydrogen-bond acceptors (Lipinski definition) is 3. The fourth-order valence-electron chi connectivity index (χ4n) is 2.76. The monoisotopic (exact) mass is 213 g/mol. The van der Waals surface area contributed by atoms with Crippen LogP contribution in [0.15, 0.2) is 0 Å². The standard InChI is InChI=1S/C12H23NO2/c1-2-9-4-3-5-10(6-9)15-12-8-13-7-11(12)14/h9-14H,2-8H2,1H3. The van der Waals surface area contributed by atoms with Crippen LogP contribution in [0, 0.1) is 5.92 Å². The molecule has 0 aromatic rings. The predicted molar refractivity (Wildman–Crippen MR) is 59.8 cm³/mol. The van der Waals surface area contributed by atoms with Crippen molar-refractivity contribution in [3.63, 3.8) is 0 Å². The molecule has 0 spiro atoms. The van der Waals surface area contributed by atoms with Gasteiger partial charge in [-0.15, -0.1) is 0 Å². The highest BCUT2D eigenvalue weighted by Gasteiger charge is 2.30. The van der Waals surface area contributed by atoms with Crippen molar-refractivity contribution in [1.29, 1.82) is 0 Å². The van der Waals surface area contributed by atoms with Crippen molar-refractivity contribution in [2.45, 2.75) is 57.3 Å². The number of β-amino-alcohol motifs (C(OH)–C–C–N with tert-alkyl or cyclic N) is 1. The molecule has 3 nitrogen and oxygen atoms in total. The summed E-state index contributed by atoms with van der Waals surface area (Å²) in [6.07, 6.45) is 6.42. The summed E-state index contributed by atoms with van der Waals surface area (Å²) in [7, 11) is 0. The van der Waals surface area contributed by atoms with Crippen molar-refractivity contribution >= 4 is 0 Å². The number of hydrogen-bond donors (Lipinski definition) is 2. The molecule has 4 atom stereocenters. The van der Waals surface area contributed by atoms with E-state index >= 15 is 0 Å². The highest BCUT2D eigenvalue weighted by molar-refractivity contribution is 4.83. The zero-order chi connectivity index (χ0) is 10.7. The topological polar surface area (TPSA) is 41.5 Å². The first-order valence-electron chi connectivity index (χ1n) is 6.33. The van der Waals surface area contributed by atoms with Gasteiger partial charge >= 0.3 is 0 Å². The number of ether oxygens (including phenoxy) is 1. The molecular weight excluding hydrogens is 190 g/mol. The van der Waals surface area contributed by atoms with Crippen LogP contribution in [0.3, 0.4) is 0 Å². The van der Waals surface area contributed by atoms with Crippen LogP contribution in [0.4, 0.5) is 0 Å². The maximum absolute atomic E-state index is 9.66. The predicted octanol–water partition coefficient (Wildman–Crippen LogP) is 1.30. The van der Waals surface area contributed by atoms with Gasteiger partial charge in [-0.25, -0.2) is 0 Å². The molecule has 1 aliphatic carbocycles. The molecule has 88 valence electrons. The summed E-state index contributed by atoms with van der Waals surface area (Å²) in [5.41, 5.74) is 0. The average molecular weight is 213 g/mol. The molecule has 2 N–H and O–H groups in total. The lowest BCUT2D eigenvalue weighted by molar-refractivity contribution is -0.0725. The Balaban J connectivity index is 1.78. The van der Waals surface area contributed by atoms with Gasteiger partial charge in [-0.05, 0) is 18.8 Å². The third-order valence-corrected chi connectivity index (χ3v) is 3.81. The van der Waals surface area contributed by atoms with Crippen LogP contribution < -0.4 is 5.32 Å². The van der Waals surface area contributed by atoms with Gasteiger partial charge < -0.3 is 15.2 Å². The Morgan fingerprint density at radius 1 is 1.33 bits per heavy atom. The zero-order valence-electron chi connectivity index (χ0n) is 9.61. The minimum absolute atomic E-state index is 0.0330. The first kappa shape index (κ1) is 11.4. The summed E-state index contributed by atoms with van der Waals surface area (Å²) < 4.78 is 5.98. The Hall–Kier alpha value is -0.120. The summed E-state index contributed by atoms with van der Waals surface area (Å²) >= 11 is 0. The molecule has 15 heavy (non-hydrogen) atoms. The maximum atomic E-state index is 9.66. The van der Waals surface area contributed by atoms with Crippen molar-refractivity contribution in [3.05, 3.63) is 0 Å². The average Bonchev–Trinajstić information content (AvgIpc) is 2.65. The van der Waals surface area contributed by atoms with Crippen LogP contribution >= 0.6 is 0 Å². The molecule has 3 heteroatoms. The molecule has 0 amide bonds. The van der Waals surface area contributed by atoms with E-state index in [1.54, 1.807) is 0 Å². The fourth-order valence-corrected chi connectivity index (χ4v) is 2.76. The van der Waals surface area contributed by atoms with Gasteiger partial charge in [0.15, 0.2) is 0 Å². The third kappa shape index (κ3) is 2.92. The van der Waals surface area contributed by atoms with E-state index in [4.69, 9.17) is 4.74 Å². The zero-order valence-corrected chi connectivity index (χ0v) is 9.61. The molecule has 2 fully saturated rings. The number of aliphatic hydroxyl groups excluding tert-OH is 1. The summed E-state index contributed by atoms with van der Waals surface area (Å²) in [6.45, 7) is 3.77. The van der Waals surface area contributed by atoms with E-state index in [0.717, 1.165) is 12.5 Å². The second-order valence-electron chi connectivity index (χ2n) is 4.96. The van der Waals surface area contributed by atoms with Crippen LogP contribution in [0.1, 0.15) is 39.0 Å². The lowest BCUT2D eigenvalue weighted by Gasteiger charge is -2.31. The molecule has 2 aliphatic rings. The molecule has 1 saturated heterocycles. The second kappa shape index (κ2) is 5.28. The summed E-state index contributed by atoms with van der Waals surface area (Å²) in [6, 6.07) is 0. The molecule has 0 aromatic heterocycles. The van der Waals surface area contributed by atoms with Gasteiger partial charge in [-0.3, -0.25) is 0 Å². The molecule has 4 unspecified atom stereocenters. The van der Waals surface area contributed by atoms with Crippen molar-refractivity contribution in [3.8, 4) is 0 Å². The first-order chi connectivity index (χ1) is 7.29. The lowest BCUT2D eigenvalue weighted by atomic mass is 9.85. The minimum atomic E-state index is -0.299. The van der Waals surface area contributed by atoms with E-state index in [0.29, 0.717) is 12.6 Å². The van der Waals surface area contributed by atoms with Gasteiger partial charge in [0.25, 0.3) is 0 Å². The molecule has 1 aliphatic heterocycles. The lowest BCUT2D eigenvalue weighted by Crippen LogP contribution is -2.34. The van der Waals surface area contributed by atoms with Gasteiger partial charge in [0.2, 0.25) is 0 Å². The van der Waals surface area contributed by atoms with Crippen molar-refractivity contribution < 1.29 is 9.84 Å². The Labute approximate surface area is 92.2 Å². The van der Waals surface area contributed by atoms with E-state index < -0.39 is 0 Å². The van der Waals surface area contributed by atoms with E-state index in [1.165, 1.54) is 32.1 Å². The Morgan fingerprint density at radius 2 is 2.20 bits per heavy atom. The molecule has 2 rings (SSSR count). The highest BCUT2D eigenvalue weighted by atomic mass is 16.5. The Bertz CT molecular complexity index is 198. The number of nitrogens with one attached hydrogen (secondary N) is 1. The van der Waals surface area contributed by atoms with E-state index in [1.807, 2.05) is 0 Å². The molecule has 1 saturated carbocycles. The van der Waals surface area contributed by atoms with Gasteiger partial charge in [-0.1, -0.05) is 26.2 Å². The van der Waals surface area contributed by atoms with Crippen LogP contribution in [0.5, 0.6) is 0 Å². The summed E-state index contributed by atoms with van der Waals surface area (Å²) in [4.78, 5) is 0. The Morgan fingerprint density at radius 3 is 2.87 bits per heavy atom.